The molecule has 0 aromatic carbocycles. The summed E-state index contributed by atoms with van der Waals surface area (Å²) in [5, 5.41) is 10.4. The molecule has 100 valence electrons. The van der Waals surface area contributed by atoms with Crippen LogP contribution in [-0.4, -0.2) is 25.7 Å². The number of imidazole rings is 1. The molecule has 2 rings (SSSR count). The molecule has 0 saturated carbocycles. The van der Waals surface area contributed by atoms with Crippen LogP contribution < -0.4 is 5.32 Å². The highest BCUT2D eigenvalue weighted by molar-refractivity contribution is 6.29. The summed E-state index contributed by atoms with van der Waals surface area (Å²) in [4.78, 5) is 15.8. The van der Waals surface area contributed by atoms with E-state index in [1.165, 1.54) is 0 Å². The topological polar surface area (TPSA) is 72.7 Å². The smallest absolute Gasteiger partial charge is 0.225 e. The third-order valence-corrected chi connectivity index (χ3v) is 2.83. The molecule has 0 spiro atoms. The molecule has 0 radical (unpaired) electrons. The highest BCUT2D eigenvalue weighted by Crippen LogP contribution is 2.07. The van der Waals surface area contributed by atoms with Gasteiger partial charge in [0.2, 0.25) is 5.91 Å². The summed E-state index contributed by atoms with van der Waals surface area (Å²) in [7, 11) is 0. The second-order valence-corrected chi connectivity index (χ2v) is 4.45. The molecule has 0 atom stereocenters. The van der Waals surface area contributed by atoms with Crippen molar-refractivity contribution in [3.8, 4) is 0 Å². The molecule has 6 nitrogen and oxygen atoms in total. The molecule has 19 heavy (non-hydrogen) atoms. The summed E-state index contributed by atoms with van der Waals surface area (Å²) in [6, 6.07) is 3.20. The molecule has 0 bridgehead atoms. The lowest BCUT2D eigenvalue weighted by Gasteiger charge is -2.05. The number of aryl methyl sites for hydroxylation is 2. The van der Waals surface area contributed by atoms with Crippen LogP contribution in [0.1, 0.15) is 18.7 Å². The minimum atomic E-state index is -0.0885. The van der Waals surface area contributed by atoms with Crippen LogP contribution in [0.25, 0.3) is 0 Å². The van der Waals surface area contributed by atoms with Crippen LogP contribution >= 0.6 is 11.6 Å². The van der Waals surface area contributed by atoms with Crippen LogP contribution in [0.4, 0.5) is 5.82 Å². The molecule has 1 N–H and O–H groups in total. The van der Waals surface area contributed by atoms with E-state index in [0.29, 0.717) is 17.4 Å². The number of carbonyl (C=O) groups excluding carboxylic acids is 1. The summed E-state index contributed by atoms with van der Waals surface area (Å²) >= 11 is 5.61. The number of rotatable bonds is 5. The van der Waals surface area contributed by atoms with Gasteiger partial charge in [-0.05, 0) is 25.5 Å². The van der Waals surface area contributed by atoms with Gasteiger partial charge in [-0.2, -0.15) is 0 Å². The molecule has 7 heteroatoms. The Bertz CT molecular complexity index is 552. The van der Waals surface area contributed by atoms with Crippen molar-refractivity contribution in [3.63, 3.8) is 0 Å². The van der Waals surface area contributed by atoms with Crippen molar-refractivity contribution in [2.24, 2.45) is 0 Å². The van der Waals surface area contributed by atoms with Gasteiger partial charge in [-0.15, -0.1) is 10.2 Å². The van der Waals surface area contributed by atoms with E-state index in [-0.39, 0.29) is 5.91 Å². The minimum absolute atomic E-state index is 0.0885. The second kappa shape index (κ2) is 6.29. The Morgan fingerprint density at radius 2 is 2.26 bits per heavy atom. The molecule has 0 unspecified atom stereocenters. The molecule has 0 aliphatic carbocycles. The Morgan fingerprint density at radius 3 is 2.89 bits per heavy atom. The van der Waals surface area contributed by atoms with Crippen molar-refractivity contribution >= 4 is 23.3 Å². The summed E-state index contributed by atoms with van der Waals surface area (Å²) in [5.41, 5.74) is 0. The lowest BCUT2D eigenvalue weighted by Crippen LogP contribution is -2.13. The van der Waals surface area contributed by atoms with Crippen LogP contribution in [0.5, 0.6) is 0 Å². The number of aromatic nitrogens is 4. The monoisotopic (exact) mass is 279 g/mol. The van der Waals surface area contributed by atoms with Gasteiger partial charge in [0.1, 0.15) is 5.82 Å². The van der Waals surface area contributed by atoms with Crippen LogP contribution in [-0.2, 0) is 11.3 Å². The zero-order valence-electron chi connectivity index (χ0n) is 10.5. The van der Waals surface area contributed by atoms with Gasteiger partial charge in [-0.1, -0.05) is 11.6 Å². The van der Waals surface area contributed by atoms with Crippen LogP contribution in [0.3, 0.4) is 0 Å². The number of amides is 1. The van der Waals surface area contributed by atoms with Gasteiger partial charge < -0.3 is 9.88 Å². The molecule has 0 aliphatic heterocycles. The molecule has 2 aromatic heterocycles. The number of nitrogens with zero attached hydrogens (tertiary/aromatic N) is 4. The fourth-order valence-corrected chi connectivity index (χ4v) is 1.74. The molecule has 0 aliphatic rings. The Hall–Kier alpha value is -1.95. The van der Waals surface area contributed by atoms with E-state index in [2.05, 4.69) is 20.5 Å². The van der Waals surface area contributed by atoms with Gasteiger partial charge in [-0.3, -0.25) is 4.79 Å². The van der Waals surface area contributed by atoms with Gasteiger partial charge in [0.25, 0.3) is 0 Å². The fraction of sp³-hybridized carbons (Fsp3) is 0.333. The molecular weight excluding hydrogens is 266 g/mol. The zero-order valence-corrected chi connectivity index (χ0v) is 11.3. The third-order valence-electron chi connectivity index (χ3n) is 2.63. The SMILES string of the molecule is Cc1nccn1CCCC(=O)Nc1ccc(Cl)nn1. The number of hydrogen-bond donors (Lipinski definition) is 1. The lowest BCUT2D eigenvalue weighted by atomic mass is 10.3. The lowest BCUT2D eigenvalue weighted by molar-refractivity contribution is -0.116. The van der Waals surface area contributed by atoms with E-state index in [0.717, 1.165) is 18.8 Å². The molecule has 2 heterocycles. The molecule has 0 saturated heterocycles. The standard InChI is InChI=1S/C12H14ClN5O/c1-9-14-6-8-18(9)7-2-3-12(19)15-11-5-4-10(13)16-17-11/h4-6,8H,2-3,7H2,1H3,(H,15,17,19). The van der Waals surface area contributed by atoms with Gasteiger partial charge in [0.15, 0.2) is 11.0 Å². The number of halogens is 1. The minimum Gasteiger partial charge on any atom is -0.335 e. The number of carbonyl (C=O) groups is 1. The van der Waals surface area contributed by atoms with Gasteiger partial charge in [0.05, 0.1) is 0 Å². The van der Waals surface area contributed by atoms with Crippen LogP contribution in [0, 0.1) is 6.92 Å². The Labute approximate surface area is 115 Å². The molecule has 1 amide bonds. The van der Waals surface area contributed by atoms with E-state index in [4.69, 9.17) is 11.6 Å². The first-order valence-electron chi connectivity index (χ1n) is 5.92. The molecular formula is C12H14ClN5O. The molecule has 2 aromatic rings. The first kappa shape index (κ1) is 13.5. The zero-order chi connectivity index (χ0) is 13.7. The highest BCUT2D eigenvalue weighted by Gasteiger charge is 2.04. The predicted molar refractivity (Wildman–Crippen MR) is 71.9 cm³/mol. The maximum absolute atomic E-state index is 11.7. The average Bonchev–Trinajstić information content (AvgIpc) is 2.78. The van der Waals surface area contributed by atoms with Gasteiger partial charge >= 0.3 is 0 Å². The van der Waals surface area contributed by atoms with Crippen LogP contribution in [0.15, 0.2) is 24.5 Å². The first-order chi connectivity index (χ1) is 9.15. The maximum Gasteiger partial charge on any atom is 0.225 e. The van der Waals surface area contributed by atoms with E-state index < -0.39 is 0 Å². The van der Waals surface area contributed by atoms with Crippen molar-refractivity contribution in [1.29, 1.82) is 0 Å². The predicted octanol–water partition coefficient (Wildman–Crippen LogP) is 2.05. The maximum atomic E-state index is 11.7. The Morgan fingerprint density at radius 1 is 1.42 bits per heavy atom. The summed E-state index contributed by atoms with van der Waals surface area (Å²) < 4.78 is 2.01. The Kier molecular flexibility index (Phi) is 4.46. The first-order valence-corrected chi connectivity index (χ1v) is 6.30. The fourth-order valence-electron chi connectivity index (χ4n) is 1.64. The van der Waals surface area contributed by atoms with E-state index in [1.54, 1.807) is 18.3 Å². The van der Waals surface area contributed by atoms with Crippen molar-refractivity contribution in [2.45, 2.75) is 26.3 Å². The Balaban J connectivity index is 1.76. The summed E-state index contributed by atoms with van der Waals surface area (Å²) in [5.74, 6) is 1.27. The van der Waals surface area contributed by atoms with Gasteiger partial charge in [0, 0.05) is 25.4 Å². The van der Waals surface area contributed by atoms with Crippen molar-refractivity contribution in [2.75, 3.05) is 5.32 Å². The summed E-state index contributed by atoms with van der Waals surface area (Å²) in [6.45, 7) is 2.70. The average molecular weight is 280 g/mol. The second-order valence-electron chi connectivity index (χ2n) is 4.06. The van der Waals surface area contributed by atoms with E-state index >= 15 is 0 Å². The van der Waals surface area contributed by atoms with E-state index in [1.807, 2.05) is 17.7 Å². The summed E-state index contributed by atoms with van der Waals surface area (Å²) in [6.07, 6.45) is 4.81. The van der Waals surface area contributed by atoms with E-state index in [9.17, 15) is 4.79 Å². The number of nitrogens with one attached hydrogen (secondary N) is 1. The largest absolute Gasteiger partial charge is 0.335 e. The van der Waals surface area contributed by atoms with Crippen molar-refractivity contribution in [3.05, 3.63) is 35.5 Å². The molecule has 0 fully saturated rings. The van der Waals surface area contributed by atoms with Gasteiger partial charge in [-0.25, -0.2) is 4.98 Å². The quantitative estimate of drug-likeness (QED) is 0.909. The normalized spacial score (nSPS) is 10.4. The third kappa shape index (κ3) is 4.03. The number of hydrogen-bond acceptors (Lipinski definition) is 4. The highest BCUT2D eigenvalue weighted by atomic mass is 35.5. The van der Waals surface area contributed by atoms with Crippen LogP contribution in [0.2, 0.25) is 5.15 Å². The van der Waals surface area contributed by atoms with Crippen molar-refractivity contribution < 1.29 is 4.79 Å². The number of anilines is 1. The van der Waals surface area contributed by atoms with Crippen molar-refractivity contribution in [1.82, 2.24) is 19.7 Å².